The number of nitrogens with zero attached hydrogens (tertiary/aromatic N) is 1. The number of carbonyl (C=O) groups is 2. The predicted molar refractivity (Wildman–Crippen MR) is 114 cm³/mol. The highest BCUT2D eigenvalue weighted by Crippen LogP contribution is 2.26. The van der Waals surface area contributed by atoms with Gasteiger partial charge in [-0.2, -0.15) is 5.10 Å². The fourth-order valence-electron chi connectivity index (χ4n) is 2.94. The zero-order valence-electron chi connectivity index (χ0n) is 16.2. The SMILES string of the molecule is CCOc1ccc2ccccc2c1/C=N\NC(=O)C(=O)NCCc1ccccc1. The summed E-state index contributed by atoms with van der Waals surface area (Å²) in [5.74, 6) is -0.870. The van der Waals surface area contributed by atoms with Crippen LogP contribution in [-0.4, -0.2) is 31.2 Å². The molecule has 6 nitrogen and oxygen atoms in total. The second-order valence-corrected chi connectivity index (χ2v) is 6.32. The van der Waals surface area contributed by atoms with Crippen LogP contribution in [0.1, 0.15) is 18.1 Å². The average molecular weight is 389 g/mol. The van der Waals surface area contributed by atoms with Crippen LogP contribution in [0.15, 0.2) is 71.8 Å². The van der Waals surface area contributed by atoms with Crippen LogP contribution in [0.25, 0.3) is 10.8 Å². The summed E-state index contributed by atoms with van der Waals surface area (Å²) in [6.07, 6.45) is 2.15. The molecule has 0 radical (unpaired) electrons. The number of hydrogen-bond donors (Lipinski definition) is 2. The minimum Gasteiger partial charge on any atom is -0.493 e. The first-order chi connectivity index (χ1) is 14.2. The Kier molecular flexibility index (Phi) is 6.95. The predicted octanol–water partition coefficient (Wildman–Crippen LogP) is 3.05. The summed E-state index contributed by atoms with van der Waals surface area (Å²) in [6.45, 7) is 2.78. The van der Waals surface area contributed by atoms with Crippen LogP contribution in [-0.2, 0) is 16.0 Å². The summed E-state index contributed by atoms with van der Waals surface area (Å²) < 4.78 is 5.66. The fraction of sp³-hybridized carbons (Fsp3) is 0.174. The van der Waals surface area contributed by atoms with E-state index in [1.807, 2.05) is 73.7 Å². The van der Waals surface area contributed by atoms with Crippen LogP contribution < -0.4 is 15.5 Å². The molecule has 0 saturated carbocycles. The summed E-state index contributed by atoms with van der Waals surface area (Å²) in [7, 11) is 0. The summed E-state index contributed by atoms with van der Waals surface area (Å²) in [5, 5.41) is 8.53. The Morgan fingerprint density at radius 2 is 1.72 bits per heavy atom. The van der Waals surface area contributed by atoms with E-state index in [0.717, 1.165) is 21.9 Å². The quantitative estimate of drug-likeness (QED) is 0.370. The van der Waals surface area contributed by atoms with Crippen LogP contribution in [0.5, 0.6) is 5.75 Å². The van der Waals surface area contributed by atoms with Gasteiger partial charge >= 0.3 is 11.8 Å². The van der Waals surface area contributed by atoms with Crippen molar-refractivity contribution in [3.05, 3.63) is 77.9 Å². The van der Waals surface area contributed by atoms with Gasteiger partial charge in [-0.3, -0.25) is 9.59 Å². The third kappa shape index (κ3) is 5.42. The van der Waals surface area contributed by atoms with Crippen molar-refractivity contribution in [1.82, 2.24) is 10.7 Å². The third-order valence-electron chi connectivity index (χ3n) is 4.34. The first-order valence-electron chi connectivity index (χ1n) is 9.48. The third-order valence-corrected chi connectivity index (χ3v) is 4.34. The molecule has 2 amide bonds. The molecule has 0 heterocycles. The first-order valence-corrected chi connectivity index (χ1v) is 9.48. The van der Waals surface area contributed by atoms with Crippen molar-refractivity contribution in [2.45, 2.75) is 13.3 Å². The number of benzene rings is 3. The van der Waals surface area contributed by atoms with Crippen LogP contribution in [0.3, 0.4) is 0 Å². The molecule has 0 spiro atoms. The summed E-state index contributed by atoms with van der Waals surface area (Å²) in [6, 6.07) is 21.4. The molecule has 3 aromatic carbocycles. The minimum atomic E-state index is -0.812. The molecule has 0 aliphatic rings. The van der Waals surface area contributed by atoms with E-state index >= 15 is 0 Å². The van der Waals surface area contributed by atoms with Gasteiger partial charge < -0.3 is 10.1 Å². The maximum atomic E-state index is 12.0. The standard InChI is InChI=1S/C23H23N3O3/c1-2-29-21-13-12-18-10-6-7-11-19(18)20(21)16-25-26-23(28)22(27)24-15-14-17-8-4-3-5-9-17/h3-13,16H,2,14-15H2,1H3,(H,24,27)(H,26,28)/b25-16-. The summed E-state index contributed by atoms with van der Waals surface area (Å²) in [5.41, 5.74) is 4.11. The van der Waals surface area contributed by atoms with Crippen molar-refractivity contribution >= 4 is 28.8 Å². The molecule has 2 N–H and O–H groups in total. The van der Waals surface area contributed by atoms with Crippen molar-refractivity contribution in [2.75, 3.05) is 13.2 Å². The molecule has 0 fully saturated rings. The Morgan fingerprint density at radius 1 is 0.966 bits per heavy atom. The van der Waals surface area contributed by atoms with Gasteiger partial charge in [0.05, 0.1) is 12.8 Å². The Hall–Kier alpha value is -3.67. The molecule has 0 atom stereocenters. The summed E-state index contributed by atoms with van der Waals surface area (Å²) in [4.78, 5) is 23.9. The van der Waals surface area contributed by atoms with Gasteiger partial charge in [-0.25, -0.2) is 5.43 Å². The number of nitrogens with one attached hydrogen (secondary N) is 2. The van der Waals surface area contributed by atoms with Gasteiger partial charge in [0.15, 0.2) is 0 Å². The molecule has 0 saturated heterocycles. The maximum absolute atomic E-state index is 12.0. The monoisotopic (exact) mass is 389 g/mol. The Balaban J connectivity index is 1.60. The molecule has 29 heavy (non-hydrogen) atoms. The number of carbonyl (C=O) groups excluding carboxylic acids is 2. The molecular weight excluding hydrogens is 366 g/mol. The lowest BCUT2D eigenvalue weighted by molar-refractivity contribution is -0.139. The van der Waals surface area contributed by atoms with Gasteiger partial charge in [0.2, 0.25) is 0 Å². The van der Waals surface area contributed by atoms with E-state index in [9.17, 15) is 9.59 Å². The molecule has 3 rings (SSSR count). The van der Waals surface area contributed by atoms with E-state index in [2.05, 4.69) is 15.8 Å². The lowest BCUT2D eigenvalue weighted by Crippen LogP contribution is -2.38. The van der Waals surface area contributed by atoms with Crippen LogP contribution in [0.2, 0.25) is 0 Å². The van der Waals surface area contributed by atoms with E-state index in [1.165, 1.54) is 6.21 Å². The highest BCUT2D eigenvalue weighted by Gasteiger charge is 2.12. The molecule has 3 aromatic rings. The topological polar surface area (TPSA) is 79.8 Å². The fourth-order valence-corrected chi connectivity index (χ4v) is 2.94. The highest BCUT2D eigenvalue weighted by atomic mass is 16.5. The van der Waals surface area contributed by atoms with Crippen molar-refractivity contribution in [3.8, 4) is 5.75 Å². The van der Waals surface area contributed by atoms with Crippen molar-refractivity contribution in [1.29, 1.82) is 0 Å². The Morgan fingerprint density at radius 3 is 2.52 bits per heavy atom. The van der Waals surface area contributed by atoms with Gasteiger partial charge in [0, 0.05) is 12.1 Å². The number of rotatable bonds is 7. The maximum Gasteiger partial charge on any atom is 0.329 e. The zero-order chi connectivity index (χ0) is 20.5. The van der Waals surface area contributed by atoms with Crippen LogP contribution in [0, 0.1) is 0 Å². The van der Waals surface area contributed by atoms with E-state index < -0.39 is 11.8 Å². The van der Waals surface area contributed by atoms with Crippen molar-refractivity contribution in [2.24, 2.45) is 5.10 Å². The number of amides is 2. The van der Waals surface area contributed by atoms with Crippen molar-refractivity contribution in [3.63, 3.8) is 0 Å². The second-order valence-electron chi connectivity index (χ2n) is 6.32. The molecule has 6 heteroatoms. The van der Waals surface area contributed by atoms with Gasteiger partial charge in [0.25, 0.3) is 0 Å². The lowest BCUT2D eigenvalue weighted by atomic mass is 10.0. The molecular formula is C23H23N3O3. The number of fused-ring (bicyclic) bond motifs is 1. The highest BCUT2D eigenvalue weighted by molar-refractivity contribution is 6.35. The lowest BCUT2D eigenvalue weighted by Gasteiger charge is -2.10. The van der Waals surface area contributed by atoms with Gasteiger partial charge in [-0.15, -0.1) is 0 Å². The summed E-state index contributed by atoms with van der Waals surface area (Å²) >= 11 is 0. The Labute approximate surface area is 169 Å². The normalized spacial score (nSPS) is 10.8. The average Bonchev–Trinajstić information content (AvgIpc) is 2.75. The molecule has 0 aliphatic heterocycles. The van der Waals surface area contributed by atoms with Gasteiger partial charge in [0.1, 0.15) is 5.75 Å². The largest absolute Gasteiger partial charge is 0.493 e. The van der Waals surface area contributed by atoms with E-state index in [0.29, 0.717) is 25.3 Å². The minimum absolute atomic E-state index is 0.373. The smallest absolute Gasteiger partial charge is 0.329 e. The van der Waals surface area contributed by atoms with E-state index in [4.69, 9.17) is 4.74 Å². The Bertz CT molecular complexity index is 1020. The molecule has 0 unspecified atom stereocenters. The molecule has 0 aromatic heterocycles. The van der Waals surface area contributed by atoms with Gasteiger partial charge in [-0.05, 0) is 35.7 Å². The number of hydrazone groups is 1. The van der Waals surface area contributed by atoms with E-state index in [1.54, 1.807) is 0 Å². The van der Waals surface area contributed by atoms with E-state index in [-0.39, 0.29) is 0 Å². The molecule has 148 valence electrons. The zero-order valence-corrected chi connectivity index (χ0v) is 16.2. The van der Waals surface area contributed by atoms with Crippen LogP contribution in [0.4, 0.5) is 0 Å². The number of hydrogen-bond acceptors (Lipinski definition) is 4. The van der Waals surface area contributed by atoms with Gasteiger partial charge in [-0.1, -0.05) is 60.7 Å². The molecule has 0 bridgehead atoms. The molecule has 0 aliphatic carbocycles. The number of ether oxygens (including phenoxy) is 1. The van der Waals surface area contributed by atoms with Crippen molar-refractivity contribution < 1.29 is 14.3 Å². The second kappa shape index (κ2) is 10.0. The first kappa shape index (κ1) is 20.1. The van der Waals surface area contributed by atoms with Crippen LogP contribution >= 0.6 is 0 Å².